The van der Waals surface area contributed by atoms with Crippen LogP contribution in [-0.2, 0) is 17.9 Å². The van der Waals surface area contributed by atoms with Gasteiger partial charge >= 0.3 is 5.97 Å². The lowest BCUT2D eigenvalue weighted by molar-refractivity contribution is -0.142. The number of fused-ring (bicyclic) bond motifs is 3. The zero-order valence-electron chi connectivity index (χ0n) is 15.2. The van der Waals surface area contributed by atoms with Crippen molar-refractivity contribution < 1.29 is 9.90 Å². The molecule has 1 aliphatic carbocycles. The molecule has 1 heterocycles. The van der Waals surface area contributed by atoms with E-state index < -0.39 is 5.97 Å². The fraction of sp³-hybridized carbons (Fsp3) is 0.409. The Morgan fingerprint density at radius 3 is 2.54 bits per heavy atom. The molecule has 0 saturated heterocycles. The predicted molar refractivity (Wildman–Crippen MR) is 105 cm³/mol. The molecule has 0 atom stereocenters. The van der Waals surface area contributed by atoms with Crippen LogP contribution in [0, 0.1) is 5.92 Å². The van der Waals surface area contributed by atoms with Gasteiger partial charge < -0.3 is 15.0 Å². The van der Waals surface area contributed by atoms with Gasteiger partial charge in [-0.2, -0.15) is 0 Å². The first-order valence-electron chi connectivity index (χ1n) is 9.63. The average molecular weight is 350 g/mol. The lowest BCUT2D eigenvalue weighted by Gasteiger charge is -2.27. The molecule has 4 nitrogen and oxygen atoms in total. The first-order chi connectivity index (χ1) is 12.7. The topological polar surface area (TPSA) is 54.3 Å². The van der Waals surface area contributed by atoms with Crippen LogP contribution >= 0.6 is 0 Å². The number of benzene rings is 2. The summed E-state index contributed by atoms with van der Waals surface area (Å²) in [6.07, 6.45) is 3.48. The van der Waals surface area contributed by atoms with Crippen LogP contribution in [0.4, 0.5) is 0 Å². The quantitative estimate of drug-likeness (QED) is 0.710. The van der Waals surface area contributed by atoms with Crippen molar-refractivity contribution in [2.45, 2.75) is 51.7 Å². The molecule has 2 N–H and O–H groups in total. The number of carboxylic acid groups (broad SMARTS) is 1. The highest BCUT2D eigenvalue weighted by atomic mass is 16.4. The first-order valence-corrected chi connectivity index (χ1v) is 9.63. The molecule has 0 amide bonds. The van der Waals surface area contributed by atoms with Crippen LogP contribution in [-0.4, -0.2) is 21.7 Å². The van der Waals surface area contributed by atoms with E-state index in [0.29, 0.717) is 6.04 Å². The zero-order valence-corrected chi connectivity index (χ0v) is 15.2. The number of hydrogen-bond donors (Lipinski definition) is 2. The van der Waals surface area contributed by atoms with Gasteiger partial charge in [-0.25, -0.2) is 0 Å². The van der Waals surface area contributed by atoms with Gasteiger partial charge in [0.25, 0.3) is 0 Å². The number of carbonyl (C=O) groups is 1. The predicted octanol–water partition coefficient (Wildman–Crippen LogP) is 4.55. The Morgan fingerprint density at radius 2 is 1.81 bits per heavy atom. The van der Waals surface area contributed by atoms with Crippen molar-refractivity contribution in [3.63, 3.8) is 0 Å². The van der Waals surface area contributed by atoms with Crippen LogP contribution in [0.3, 0.4) is 0 Å². The molecule has 4 heteroatoms. The lowest BCUT2D eigenvalue weighted by Crippen LogP contribution is -2.34. The van der Waals surface area contributed by atoms with E-state index in [9.17, 15) is 4.79 Å². The summed E-state index contributed by atoms with van der Waals surface area (Å²) in [4.78, 5) is 11.1. The van der Waals surface area contributed by atoms with Gasteiger partial charge in [-0.15, -0.1) is 0 Å². The summed E-state index contributed by atoms with van der Waals surface area (Å²) in [6.45, 7) is 3.99. The van der Waals surface area contributed by atoms with Gasteiger partial charge in [-0.3, -0.25) is 4.79 Å². The summed E-state index contributed by atoms with van der Waals surface area (Å²) in [7, 11) is 0. The van der Waals surface area contributed by atoms with Gasteiger partial charge in [0.05, 0.1) is 5.92 Å². The Labute approximate surface area is 153 Å². The molecule has 1 saturated carbocycles. The van der Waals surface area contributed by atoms with Crippen molar-refractivity contribution in [1.29, 1.82) is 0 Å². The second-order valence-corrected chi connectivity index (χ2v) is 7.38. The zero-order chi connectivity index (χ0) is 18.1. The third kappa shape index (κ3) is 3.10. The van der Waals surface area contributed by atoms with Gasteiger partial charge in [0, 0.05) is 40.9 Å². The number of rotatable bonds is 5. The first kappa shape index (κ1) is 17.1. The largest absolute Gasteiger partial charge is 0.481 e. The molecular weight excluding hydrogens is 324 g/mol. The maximum atomic E-state index is 11.1. The smallest absolute Gasteiger partial charge is 0.306 e. The standard InChI is InChI=1S/C22H26N2O2/c1-2-24-20-6-4-3-5-18(20)19-13-15(7-12-21(19)24)14-23-17-10-8-16(9-11-17)22(25)26/h3-7,12-13,16-17,23H,2,8-11,14H2,1H3,(H,25,26). The van der Waals surface area contributed by atoms with E-state index in [2.05, 4.69) is 59.3 Å². The number of aliphatic carboxylic acids is 1. The number of aryl methyl sites for hydroxylation is 1. The van der Waals surface area contributed by atoms with Crippen molar-refractivity contribution in [3.05, 3.63) is 48.0 Å². The molecule has 26 heavy (non-hydrogen) atoms. The Hall–Kier alpha value is -2.33. The van der Waals surface area contributed by atoms with E-state index in [1.54, 1.807) is 0 Å². The minimum atomic E-state index is -0.638. The minimum Gasteiger partial charge on any atom is -0.481 e. The van der Waals surface area contributed by atoms with Crippen molar-refractivity contribution >= 4 is 27.8 Å². The van der Waals surface area contributed by atoms with Crippen LogP contribution in [0.25, 0.3) is 21.8 Å². The summed E-state index contributed by atoms with van der Waals surface area (Å²) in [5.74, 6) is -0.786. The average Bonchev–Trinajstić information content (AvgIpc) is 2.99. The molecule has 1 aromatic heterocycles. The van der Waals surface area contributed by atoms with Crippen molar-refractivity contribution in [2.75, 3.05) is 0 Å². The monoisotopic (exact) mass is 350 g/mol. The Kier molecular flexibility index (Phi) is 4.68. The number of aromatic nitrogens is 1. The van der Waals surface area contributed by atoms with E-state index in [1.807, 2.05) is 0 Å². The maximum Gasteiger partial charge on any atom is 0.306 e. The van der Waals surface area contributed by atoms with E-state index in [-0.39, 0.29) is 5.92 Å². The van der Waals surface area contributed by atoms with Crippen LogP contribution in [0.15, 0.2) is 42.5 Å². The molecule has 2 aromatic carbocycles. The molecule has 0 aliphatic heterocycles. The van der Waals surface area contributed by atoms with Crippen LogP contribution in [0.5, 0.6) is 0 Å². The third-order valence-electron chi connectivity index (χ3n) is 5.82. The van der Waals surface area contributed by atoms with E-state index >= 15 is 0 Å². The Morgan fingerprint density at radius 1 is 1.08 bits per heavy atom. The SMILES string of the molecule is CCn1c2ccccc2c2cc(CNC3CCC(C(=O)O)CC3)ccc21. The second kappa shape index (κ2) is 7.12. The fourth-order valence-electron chi connectivity index (χ4n) is 4.36. The highest BCUT2D eigenvalue weighted by molar-refractivity contribution is 6.08. The summed E-state index contributed by atoms with van der Waals surface area (Å²) in [5, 5.41) is 15.4. The van der Waals surface area contributed by atoms with Crippen molar-refractivity contribution in [2.24, 2.45) is 5.92 Å². The Bertz CT molecular complexity index is 936. The number of para-hydroxylation sites is 1. The maximum absolute atomic E-state index is 11.1. The molecule has 1 fully saturated rings. The van der Waals surface area contributed by atoms with E-state index in [4.69, 9.17) is 5.11 Å². The molecule has 136 valence electrons. The summed E-state index contributed by atoms with van der Waals surface area (Å²) >= 11 is 0. The Balaban J connectivity index is 1.51. The normalized spacial score (nSPS) is 20.7. The molecule has 1 aliphatic rings. The second-order valence-electron chi connectivity index (χ2n) is 7.38. The number of carboxylic acids is 1. The lowest BCUT2D eigenvalue weighted by atomic mass is 9.86. The van der Waals surface area contributed by atoms with Crippen LogP contribution in [0.1, 0.15) is 38.2 Å². The van der Waals surface area contributed by atoms with Crippen LogP contribution in [0.2, 0.25) is 0 Å². The van der Waals surface area contributed by atoms with Gasteiger partial charge in [0.15, 0.2) is 0 Å². The summed E-state index contributed by atoms with van der Waals surface area (Å²) in [5.41, 5.74) is 3.87. The fourth-order valence-corrected chi connectivity index (χ4v) is 4.36. The molecule has 4 rings (SSSR count). The third-order valence-corrected chi connectivity index (χ3v) is 5.82. The molecular formula is C22H26N2O2. The molecule has 0 spiro atoms. The van der Waals surface area contributed by atoms with Crippen molar-refractivity contribution in [3.8, 4) is 0 Å². The molecule has 0 bridgehead atoms. The van der Waals surface area contributed by atoms with Gasteiger partial charge in [0.2, 0.25) is 0 Å². The molecule has 0 unspecified atom stereocenters. The molecule has 0 radical (unpaired) electrons. The van der Waals surface area contributed by atoms with Gasteiger partial charge in [-0.1, -0.05) is 24.3 Å². The number of nitrogens with one attached hydrogen (secondary N) is 1. The van der Waals surface area contributed by atoms with E-state index in [0.717, 1.165) is 38.8 Å². The van der Waals surface area contributed by atoms with Gasteiger partial charge in [-0.05, 0) is 56.4 Å². The number of nitrogens with zero attached hydrogens (tertiary/aromatic N) is 1. The minimum absolute atomic E-state index is 0.149. The van der Waals surface area contributed by atoms with Crippen molar-refractivity contribution in [1.82, 2.24) is 9.88 Å². The van der Waals surface area contributed by atoms with Crippen LogP contribution < -0.4 is 5.32 Å². The summed E-state index contributed by atoms with van der Waals surface area (Å²) < 4.78 is 2.37. The molecule has 3 aromatic rings. The van der Waals surface area contributed by atoms with E-state index in [1.165, 1.54) is 27.4 Å². The highest BCUT2D eigenvalue weighted by Crippen LogP contribution is 2.30. The summed E-state index contributed by atoms with van der Waals surface area (Å²) in [6, 6.07) is 15.8. The van der Waals surface area contributed by atoms with Gasteiger partial charge in [0.1, 0.15) is 0 Å². The number of hydrogen-bond acceptors (Lipinski definition) is 2. The highest BCUT2D eigenvalue weighted by Gasteiger charge is 2.25.